The van der Waals surface area contributed by atoms with Crippen LogP contribution in [0, 0.1) is 0 Å². The molecule has 2 atom stereocenters. The molecule has 1 aromatic rings. The van der Waals surface area contributed by atoms with Crippen molar-refractivity contribution in [2.45, 2.75) is 39.3 Å². The fourth-order valence-corrected chi connectivity index (χ4v) is 2.44. The first-order chi connectivity index (χ1) is 7.95. The fourth-order valence-electron chi connectivity index (χ4n) is 1.61. The molecule has 0 aliphatic carbocycles. The standard InChI is InChI=1S/C12H21N3OS/c1-6-11-14-10(7-17-11)8(2)13-9(3)12(16)15(4)5/h7-9,13H,6H2,1-5H3/t8-,9+/m1/s1. The molecule has 0 aliphatic heterocycles. The maximum atomic E-state index is 11.7. The van der Waals surface area contributed by atoms with Crippen molar-refractivity contribution in [3.63, 3.8) is 0 Å². The highest BCUT2D eigenvalue weighted by atomic mass is 32.1. The zero-order valence-electron chi connectivity index (χ0n) is 11.2. The van der Waals surface area contributed by atoms with Gasteiger partial charge in [0.15, 0.2) is 0 Å². The summed E-state index contributed by atoms with van der Waals surface area (Å²) < 4.78 is 0. The predicted molar refractivity (Wildman–Crippen MR) is 71.2 cm³/mol. The Morgan fingerprint density at radius 3 is 2.65 bits per heavy atom. The summed E-state index contributed by atoms with van der Waals surface area (Å²) in [6.45, 7) is 6.01. The van der Waals surface area contributed by atoms with Crippen LogP contribution in [0.5, 0.6) is 0 Å². The summed E-state index contributed by atoms with van der Waals surface area (Å²) in [5, 5.41) is 6.47. The molecule has 96 valence electrons. The Morgan fingerprint density at radius 1 is 1.53 bits per heavy atom. The van der Waals surface area contributed by atoms with Crippen LogP contribution in [0.25, 0.3) is 0 Å². The molecule has 0 spiro atoms. The third kappa shape index (κ3) is 3.78. The van der Waals surface area contributed by atoms with E-state index in [1.165, 1.54) is 0 Å². The van der Waals surface area contributed by atoms with Crippen molar-refractivity contribution in [3.05, 3.63) is 16.1 Å². The lowest BCUT2D eigenvalue weighted by Gasteiger charge is -2.21. The van der Waals surface area contributed by atoms with Gasteiger partial charge in [-0.1, -0.05) is 6.92 Å². The minimum absolute atomic E-state index is 0.0859. The number of nitrogens with zero attached hydrogens (tertiary/aromatic N) is 2. The predicted octanol–water partition coefficient (Wildman–Crippen LogP) is 1.83. The van der Waals surface area contributed by atoms with Crippen molar-refractivity contribution < 1.29 is 4.79 Å². The SMILES string of the molecule is CCc1nc([C@@H](C)N[C@@H](C)C(=O)N(C)C)cs1. The number of carbonyl (C=O) groups excluding carboxylic acids is 1. The summed E-state index contributed by atoms with van der Waals surface area (Å²) in [7, 11) is 3.53. The third-order valence-electron chi connectivity index (χ3n) is 2.63. The molecule has 1 amide bonds. The molecule has 5 heteroatoms. The molecule has 1 heterocycles. The van der Waals surface area contributed by atoms with Gasteiger partial charge in [0.25, 0.3) is 0 Å². The normalized spacial score (nSPS) is 14.4. The van der Waals surface area contributed by atoms with Crippen molar-refractivity contribution in [3.8, 4) is 0 Å². The topological polar surface area (TPSA) is 45.2 Å². The Morgan fingerprint density at radius 2 is 2.18 bits per heavy atom. The van der Waals surface area contributed by atoms with E-state index in [9.17, 15) is 4.79 Å². The molecule has 0 unspecified atom stereocenters. The lowest BCUT2D eigenvalue weighted by Crippen LogP contribution is -2.42. The van der Waals surface area contributed by atoms with E-state index in [2.05, 4.69) is 22.6 Å². The summed E-state index contributed by atoms with van der Waals surface area (Å²) in [5.41, 5.74) is 1.02. The van der Waals surface area contributed by atoms with E-state index >= 15 is 0 Å². The number of rotatable bonds is 5. The molecule has 0 bridgehead atoms. The van der Waals surface area contributed by atoms with Gasteiger partial charge in [-0.15, -0.1) is 11.3 Å². The minimum Gasteiger partial charge on any atom is -0.347 e. The second kappa shape index (κ2) is 6.12. The molecule has 1 N–H and O–H groups in total. The molecule has 0 fully saturated rings. The van der Waals surface area contributed by atoms with Gasteiger partial charge in [-0.3, -0.25) is 10.1 Å². The van der Waals surface area contributed by atoms with E-state index in [1.807, 2.05) is 13.8 Å². The number of thiazole rings is 1. The molecule has 1 rings (SSSR count). The first-order valence-electron chi connectivity index (χ1n) is 5.87. The highest BCUT2D eigenvalue weighted by Crippen LogP contribution is 2.17. The first kappa shape index (κ1) is 14.1. The number of nitrogens with one attached hydrogen (secondary N) is 1. The van der Waals surface area contributed by atoms with Gasteiger partial charge in [0, 0.05) is 25.5 Å². The maximum absolute atomic E-state index is 11.7. The van der Waals surface area contributed by atoms with Crippen LogP contribution < -0.4 is 5.32 Å². The van der Waals surface area contributed by atoms with Crippen LogP contribution in [0.3, 0.4) is 0 Å². The molecule has 0 aromatic carbocycles. The number of aryl methyl sites for hydroxylation is 1. The highest BCUT2D eigenvalue weighted by Gasteiger charge is 2.18. The summed E-state index contributed by atoms with van der Waals surface area (Å²) in [4.78, 5) is 17.8. The Bertz CT molecular complexity index is 376. The molecule has 0 saturated carbocycles. The van der Waals surface area contributed by atoms with Crippen LogP contribution in [0.1, 0.15) is 37.5 Å². The van der Waals surface area contributed by atoms with E-state index in [0.717, 1.165) is 17.1 Å². The summed E-state index contributed by atoms with van der Waals surface area (Å²) in [6.07, 6.45) is 0.962. The Hall–Kier alpha value is -0.940. The molecule has 17 heavy (non-hydrogen) atoms. The molecule has 0 radical (unpaired) electrons. The number of hydrogen-bond acceptors (Lipinski definition) is 4. The van der Waals surface area contributed by atoms with Crippen LogP contribution in [-0.2, 0) is 11.2 Å². The quantitative estimate of drug-likeness (QED) is 0.873. The van der Waals surface area contributed by atoms with Crippen molar-refractivity contribution in [2.24, 2.45) is 0 Å². The van der Waals surface area contributed by atoms with Gasteiger partial charge in [0.05, 0.1) is 16.7 Å². The van der Waals surface area contributed by atoms with Crippen LogP contribution in [0.4, 0.5) is 0 Å². The van der Waals surface area contributed by atoms with Crippen LogP contribution in [-0.4, -0.2) is 35.9 Å². The molecule has 4 nitrogen and oxygen atoms in total. The maximum Gasteiger partial charge on any atom is 0.238 e. The fraction of sp³-hybridized carbons (Fsp3) is 0.667. The van der Waals surface area contributed by atoms with E-state index in [-0.39, 0.29) is 18.0 Å². The number of aromatic nitrogens is 1. The van der Waals surface area contributed by atoms with Gasteiger partial charge in [-0.25, -0.2) is 4.98 Å². The monoisotopic (exact) mass is 255 g/mol. The van der Waals surface area contributed by atoms with Gasteiger partial charge < -0.3 is 4.90 Å². The minimum atomic E-state index is -0.188. The summed E-state index contributed by atoms with van der Waals surface area (Å²) >= 11 is 1.67. The average molecular weight is 255 g/mol. The Balaban J connectivity index is 2.59. The van der Waals surface area contributed by atoms with E-state index in [0.29, 0.717) is 0 Å². The number of likely N-dealkylation sites (N-methyl/N-ethyl adjacent to an activating group) is 1. The lowest BCUT2D eigenvalue weighted by atomic mass is 10.2. The molecular weight excluding hydrogens is 234 g/mol. The van der Waals surface area contributed by atoms with Gasteiger partial charge in [0.1, 0.15) is 0 Å². The lowest BCUT2D eigenvalue weighted by molar-refractivity contribution is -0.130. The molecular formula is C12H21N3OS. The average Bonchev–Trinajstić information content (AvgIpc) is 2.76. The second-order valence-electron chi connectivity index (χ2n) is 4.36. The van der Waals surface area contributed by atoms with Crippen molar-refractivity contribution in [1.29, 1.82) is 0 Å². The van der Waals surface area contributed by atoms with E-state index in [1.54, 1.807) is 30.3 Å². The van der Waals surface area contributed by atoms with E-state index < -0.39 is 0 Å². The van der Waals surface area contributed by atoms with Crippen LogP contribution in [0.15, 0.2) is 5.38 Å². The smallest absolute Gasteiger partial charge is 0.238 e. The Kier molecular flexibility index (Phi) is 5.08. The molecule has 0 aliphatic rings. The second-order valence-corrected chi connectivity index (χ2v) is 5.31. The third-order valence-corrected chi connectivity index (χ3v) is 3.64. The largest absolute Gasteiger partial charge is 0.347 e. The zero-order valence-corrected chi connectivity index (χ0v) is 12.0. The van der Waals surface area contributed by atoms with Gasteiger partial charge in [0.2, 0.25) is 5.91 Å². The Labute approximate surface area is 107 Å². The summed E-state index contributed by atoms with van der Waals surface area (Å²) in [6, 6.07) is -0.0859. The van der Waals surface area contributed by atoms with Crippen molar-refractivity contribution >= 4 is 17.2 Å². The van der Waals surface area contributed by atoms with Gasteiger partial charge in [-0.05, 0) is 20.3 Å². The number of carbonyl (C=O) groups is 1. The van der Waals surface area contributed by atoms with Gasteiger partial charge >= 0.3 is 0 Å². The molecule has 0 saturated heterocycles. The van der Waals surface area contributed by atoms with Gasteiger partial charge in [-0.2, -0.15) is 0 Å². The first-order valence-corrected chi connectivity index (χ1v) is 6.75. The van der Waals surface area contributed by atoms with Crippen LogP contribution >= 0.6 is 11.3 Å². The van der Waals surface area contributed by atoms with Crippen molar-refractivity contribution in [2.75, 3.05) is 14.1 Å². The zero-order chi connectivity index (χ0) is 13.0. The number of amides is 1. The number of hydrogen-bond donors (Lipinski definition) is 1. The van der Waals surface area contributed by atoms with E-state index in [4.69, 9.17) is 0 Å². The summed E-state index contributed by atoms with van der Waals surface area (Å²) in [5.74, 6) is 0.0859. The molecule has 1 aromatic heterocycles. The highest BCUT2D eigenvalue weighted by molar-refractivity contribution is 7.09. The van der Waals surface area contributed by atoms with Crippen LogP contribution in [0.2, 0.25) is 0 Å². The van der Waals surface area contributed by atoms with Crippen molar-refractivity contribution in [1.82, 2.24) is 15.2 Å².